The topological polar surface area (TPSA) is 73.1 Å². The number of hydrogen-bond acceptors (Lipinski definition) is 8. The van der Waals surface area contributed by atoms with Gasteiger partial charge in [0.1, 0.15) is 11.7 Å². The monoisotopic (exact) mass is 490 g/mol. The van der Waals surface area contributed by atoms with Crippen LogP contribution in [0.3, 0.4) is 0 Å². The maximum absolute atomic E-state index is 7.01. The minimum Gasteiger partial charge on any atom is -0.493 e. The van der Waals surface area contributed by atoms with Gasteiger partial charge in [0, 0.05) is 37.2 Å². The molecule has 190 valence electrons. The number of fused-ring (bicyclic) bond motifs is 1. The molecule has 0 radical (unpaired) electrons. The predicted octanol–water partition coefficient (Wildman–Crippen LogP) is 3.46. The van der Waals surface area contributed by atoms with Crippen LogP contribution in [-0.4, -0.2) is 73.7 Å². The first kappa shape index (κ1) is 21.5. The second-order valence-electron chi connectivity index (χ2n) is 11.7. The molecule has 4 bridgehead atoms. The Balaban J connectivity index is 1.32. The van der Waals surface area contributed by atoms with Gasteiger partial charge >= 0.3 is 6.01 Å². The molecule has 36 heavy (non-hydrogen) atoms. The van der Waals surface area contributed by atoms with Crippen LogP contribution in [0.4, 0.5) is 6.01 Å². The smallest absolute Gasteiger partial charge is 0.318 e. The summed E-state index contributed by atoms with van der Waals surface area (Å²) in [5.74, 6) is 2.33. The number of hydrogen-bond donors (Lipinski definition) is 0. The van der Waals surface area contributed by atoms with Crippen LogP contribution in [0, 0.1) is 5.41 Å². The second-order valence-corrected chi connectivity index (χ2v) is 11.7. The summed E-state index contributed by atoms with van der Waals surface area (Å²) in [6.45, 7) is 3.00. The fourth-order valence-electron chi connectivity index (χ4n) is 9.07. The summed E-state index contributed by atoms with van der Waals surface area (Å²) in [5, 5.41) is 9.17. The van der Waals surface area contributed by atoms with Crippen LogP contribution in [0.2, 0.25) is 0 Å². The summed E-state index contributed by atoms with van der Waals surface area (Å²) in [4.78, 5) is 4.80. The maximum Gasteiger partial charge on any atom is 0.318 e. The van der Waals surface area contributed by atoms with Crippen molar-refractivity contribution >= 4 is 6.01 Å². The van der Waals surface area contributed by atoms with Gasteiger partial charge < -0.3 is 28.4 Å². The number of aromatic nitrogens is 2. The molecule has 1 aromatic heterocycles. The van der Waals surface area contributed by atoms with E-state index in [0.717, 1.165) is 50.4 Å². The highest BCUT2D eigenvalue weighted by molar-refractivity contribution is 5.65. The van der Waals surface area contributed by atoms with Crippen LogP contribution in [0.25, 0.3) is 0 Å². The lowest BCUT2D eigenvalue weighted by molar-refractivity contribution is -0.200. The van der Waals surface area contributed by atoms with E-state index in [2.05, 4.69) is 51.3 Å². The van der Waals surface area contributed by atoms with Crippen LogP contribution in [-0.2, 0) is 16.6 Å². The molecule has 8 nitrogen and oxygen atoms in total. The van der Waals surface area contributed by atoms with E-state index in [9.17, 15) is 0 Å². The molecule has 2 spiro atoms. The molecule has 2 saturated heterocycles. The van der Waals surface area contributed by atoms with Crippen molar-refractivity contribution in [3.63, 3.8) is 0 Å². The standard InChI is InChI=1S/C28H34N4O4/c1-31-14-11-27-21-17-7-8-19(33-2)22(21)35-24(27)28(34-3)10-9-26(27,20(31)15-17)16-18(28)23-29-30-25(36-23)32-12-5-4-6-13-32/h7-10,18,20,24H,4-6,11-16H2,1-3H3/t18-,20-,24-,26-,27+,28-/m1/s1. The minimum absolute atomic E-state index is 0.0764. The van der Waals surface area contributed by atoms with E-state index in [1.807, 2.05) is 7.11 Å². The summed E-state index contributed by atoms with van der Waals surface area (Å²) >= 11 is 0. The van der Waals surface area contributed by atoms with Gasteiger partial charge in [0.25, 0.3) is 0 Å². The van der Waals surface area contributed by atoms with E-state index in [-0.39, 0.29) is 22.9 Å². The number of anilines is 1. The Morgan fingerprint density at radius 3 is 2.72 bits per heavy atom. The Morgan fingerprint density at radius 2 is 1.92 bits per heavy atom. The largest absolute Gasteiger partial charge is 0.493 e. The van der Waals surface area contributed by atoms with E-state index in [1.54, 1.807) is 7.11 Å². The molecule has 9 rings (SSSR count). The molecule has 3 fully saturated rings. The van der Waals surface area contributed by atoms with E-state index in [0.29, 0.717) is 17.9 Å². The lowest BCUT2D eigenvalue weighted by atomic mass is 9.37. The first-order valence-corrected chi connectivity index (χ1v) is 13.5. The highest BCUT2D eigenvalue weighted by atomic mass is 16.6. The van der Waals surface area contributed by atoms with Crippen molar-refractivity contribution in [2.45, 2.75) is 67.6 Å². The molecular weight excluding hydrogens is 456 g/mol. The zero-order valence-electron chi connectivity index (χ0n) is 21.3. The Kier molecular flexibility index (Phi) is 4.21. The third kappa shape index (κ3) is 2.26. The van der Waals surface area contributed by atoms with Crippen LogP contribution in [0.15, 0.2) is 28.7 Å². The zero-order valence-corrected chi connectivity index (χ0v) is 21.3. The fraction of sp³-hybridized carbons (Fsp3) is 0.643. The summed E-state index contributed by atoms with van der Waals surface area (Å²) in [7, 11) is 5.83. The third-order valence-electron chi connectivity index (χ3n) is 10.6. The Morgan fingerprint density at radius 1 is 1.06 bits per heavy atom. The van der Waals surface area contributed by atoms with Gasteiger partial charge in [0.15, 0.2) is 11.5 Å². The number of likely N-dealkylation sites (N-methyl/N-ethyl adjacent to an activating group) is 1. The van der Waals surface area contributed by atoms with Crippen molar-refractivity contribution in [2.24, 2.45) is 5.41 Å². The molecule has 1 saturated carbocycles. The van der Waals surface area contributed by atoms with Crippen LogP contribution in [0.5, 0.6) is 11.5 Å². The maximum atomic E-state index is 7.01. The molecule has 0 amide bonds. The van der Waals surface area contributed by atoms with Crippen molar-refractivity contribution in [3.05, 3.63) is 41.3 Å². The molecule has 3 aliphatic heterocycles. The van der Waals surface area contributed by atoms with Gasteiger partial charge in [-0.25, -0.2) is 0 Å². The average Bonchev–Trinajstić information content (AvgIpc) is 3.55. The lowest BCUT2D eigenvalue weighted by Gasteiger charge is -2.70. The number of piperidine rings is 2. The zero-order chi connectivity index (χ0) is 24.3. The molecule has 4 heterocycles. The predicted molar refractivity (Wildman–Crippen MR) is 133 cm³/mol. The van der Waals surface area contributed by atoms with Crippen molar-refractivity contribution in [2.75, 3.05) is 45.8 Å². The molecule has 8 heteroatoms. The van der Waals surface area contributed by atoms with E-state index >= 15 is 0 Å². The third-order valence-corrected chi connectivity index (χ3v) is 10.6. The SMILES string of the molecule is COc1ccc2c3c1O[C@H]1[C@@]4(OC)C=C[C@@]5(C[C@@H]4c4nnc(N6CCCCC6)o4)[C@@H](C2)N(C)CC[C@]315. The quantitative estimate of drug-likeness (QED) is 0.604. The highest BCUT2D eigenvalue weighted by Gasteiger charge is 2.79. The van der Waals surface area contributed by atoms with Gasteiger partial charge in [-0.15, -0.1) is 5.10 Å². The number of rotatable bonds is 4. The molecule has 1 aromatic carbocycles. The number of nitrogens with zero attached hydrogens (tertiary/aromatic N) is 4. The lowest BCUT2D eigenvalue weighted by Crippen LogP contribution is -2.78. The second kappa shape index (κ2) is 7.04. The molecule has 2 aromatic rings. The molecular formula is C28H34N4O4. The van der Waals surface area contributed by atoms with Crippen molar-refractivity contribution in [1.29, 1.82) is 0 Å². The molecule has 4 aliphatic carbocycles. The molecule has 6 atom stereocenters. The summed E-state index contributed by atoms with van der Waals surface area (Å²) in [5.41, 5.74) is 1.81. The van der Waals surface area contributed by atoms with Crippen molar-refractivity contribution in [3.8, 4) is 11.5 Å². The van der Waals surface area contributed by atoms with E-state index in [1.165, 1.54) is 30.4 Å². The van der Waals surface area contributed by atoms with Crippen LogP contribution >= 0.6 is 0 Å². The summed E-state index contributed by atoms with van der Waals surface area (Å²) in [6, 6.07) is 5.36. The number of likely N-dealkylation sites (tertiary alicyclic amines) is 1. The van der Waals surface area contributed by atoms with Gasteiger partial charge in [0.2, 0.25) is 5.89 Å². The molecule has 0 N–H and O–H groups in total. The minimum atomic E-state index is -0.688. The molecule has 0 unspecified atom stereocenters. The van der Waals surface area contributed by atoms with Gasteiger partial charge in [0.05, 0.1) is 18.4 Å². The van der Waals surface area contributed by atoms with Gasteiger partial charge in [-0.2, -0.15) is 0 Å². The fourth-order valence-corrected chi connectivity index (χ4v) is 9.07. The number of methoxy groups -OCH3 is 2. The van der Waals surface area contributed by atoms with Gasteiger partial charge in [-0.3, -0.25) is 0 Å². The van der Waals surface area contributed by atoms with Crippen LogP contribution < -0.4 is 14.4 Å². The summed E-state index contributed by atoms with van der Waals surface area (Å²) < 4.78 is 25.8. The highest BCUT2D eigenvalue weighted by Crippen LogP contribution is 2.75. The Bertz CT molecular complexity index is 1270. The van der Waals surface area contributed by atoms with Crippen LogP contribution in [0.1, 0.15) is 55.0 Å². The number of benzene rings is 1. The Hall–Kier alpha value is -2.58. The molecule has 7 aliphatic rings. The van der Waals surface area contributed by atoms with Crippen molar-refractivity contribution in [1.82, 2.24) is 15.1 Å². The normalized spacial score (nSPS) is 39.8. The average molecular weight is 491 g/mol. The Labute approximate surface area is 211 Å². The van der Waals surface area contributed by atoms with Gasteiger partial charge in [-0.1, -0.05) is 23.3 Å². The number of ether oxygens (including phenoxy) is 3. The first-order valence-electron chi connectivity index (χ1n) is 13.5. The van der Waals surface area contributed by atoms with E-state index < -0.39 is 5.60 Å². The van der Waals surface area contributed by atoms with Gasteiger partial charge in [-0.05, 0) is 63.7 Å². The van der Waals surface area contributed by atoms with Crippen molar-refractivity contribution < 1.29 is 18.6 Å². The first-order chi connectivity index (χ1) is 17.6. The summed E-state index contributed by atoms with van der Waals surface area (Å²) in [6.07, 6.45) is 11.1. The van der Waals surface area contributed by atoms with E-state index in [4.69, 9.17) is 18.6 Å².